The minimum absolute atomic E-state index is 0.0365. The average molecular weight is 405 g/mol. The number of nitrogens with zero attached hydrogens (tertiary/aromatic N) is 2. The maximum absolute atomic E-state index is 12.1. The molecule has 27 heavy (non-hydrogen) atoms. The first-order chi connectivity index (χ1) is 12.9. The van der Waals surface area contributed by atoms with Crippen LogP contribution in [0.2, 0.25) is 10.0 Å². The molecule has 2 aromatic rings. The van der Waals surface area contributed by atoms with Gasteiger partial charge in [-0.05, 0) is 42.9 Å². The van der Waals surface area contributed by atoms with E-state index in [9.17, 15) is 9.59 Å². The van der Waals surface area contributed by atoms with Gasteiger partial charge in [0.05, 0.1) is 35.6 Å². The van der Waals surface area contributed by atoms with Gasteiger partial charge in [0.2, 0.25) is 11.8 Å². The zero-order valence-electron chi connectivity index (χ0n) is 14.6. The molecule has 8 heteroatoms. The van der Waals surface area contributed by atoms with Crippen LogP contribution in [0, 0.1) is 11.3 Å². The lowest BCUT2D eigenvalue weighted by Crippen LogP contribution is -2.36. The molecule has 0 saturated carbocycles. The van der Waals surface area contributed by atoms with Crippen LogP contribution in [0.3, 0.4) is 0 Å². The summed E-state index contributed by atoms with van der Waals surface area (Å²) < 4.78 is 0. The molecule has 0 fully saturated rings. The Morgan fingerprint density at radius 1 is 0.963 bits per heavy atom. The van der Waals surface area contributed by atoms with Crippen LogP contribution in [0.5, 0.6) is 0 Å². The predicted octanol–water partition coefficient (Wildman–Crippen LogP) is 3.57. The number of hydrogen-bond donors (Lipinski definition) is 2. The highest BCUT2D eigenvalue weighted by Crippen LogP contribution is 2.24. The van der Waals surface area contributed by atoms with Gasteiger partial charge >= 0.3 is 0 Å². The van der Waals surface area contributed by atoms with Gasteiger partial charge in [-0.3, -0.25) is 14.5 Å². The highest BCUT2D eigenvalue weighted by Gasteiger charge is 2.12. The molecule has 0 unspecified atom stereocenters. The highest BCUT2D eigenvalue weighted by molar-refractivity contribution is 6.42. The van der Waals surface area contributed by atoms with Crippen molar-refractivity contribution in [2.24, 2.45) is 0 Å². The number of anilines is 2. The zero-order chi connectivity index (χ0) is 19.8. The van der Waals surface area contributed by atoms with E-state index in [4.69, 9.17) is 28.5 Å². The first-order valence-corrected chi connectivity index (χ1v) is 8.82. The van der Waals surface area contributed by atoms with Gasteiger partial charge in [0, 0.05) is 11.4 Å². The van der Waals surface area contributed by atoms with Crippen LogP contribution in [-0.2, 0) is 16.0 Å². The third kappa shape index (κ3) is 6.91. The van der Waals surface area contributed by atoms with Crippen LogP contribution in [0.4, 0.5) is 11.4 Å². The standard InChI is InChI=1S/C19H18Cl2N4O2/c1-25(12-19(27)24-15-6-7-16(20)17(21)10-15)11-18(26)23-14-4-2-13(3-5-14)8-9-22/h2-7,10H,8,11-12H2,1H3,(H,23,26)(H,24,27). The predicted molar refractivity (Wildman–Crippen MR) is 107 cm³/mol. The Labute approximate surface area is 167 Å². The van der Waals surface area contributed by atoms with Gasteiger partial charge < -0.3 is 10.6 Å². The molecule has 2 aromatic carbocycles. The Kier molecular flexibility index (Phi) is 7.62. The number of hydrogen-bond acceptors (Lipinski definition) is 4. The largest absolute Gasteiger partial charge is 0.325 e. The second-order valence-corrected chi connectivity index (χ2v) is 6.74. The van der Waals surface area contributed by atoms with Crippen molar-refractivity contribution in [2.75, 3.05) is 30.8 Å². The van der Waals surface area contributed by atoms with Crippen LogP contribution in [0.25, 0.3) is 0 Å². The first kappa shape index (κ1) is 20.7. The number of nitrogens with one attached hydrogen (secondary N) is 2. The van der Waals surface area contributed by atoms with E-state index < -0.39 is 0 Å². The van der Waals surface area contributed by atoms with Gasteiger partial charge in [-0.25, -0.2) is 0 Å². The number of nitriles is 1. The van der Waals surface area contributed by atoms with Gasteiger partial charge in [0.1, 0.15) is 0 Å². The Hall–Kier alpha value is -2.59. The summed E-state index contributed by atoms with van der Waals surface area (Å²) in [5.41, 5.74) is 2.05. The van der Waals surface area contributed by atoms with Crippen molar-refractivity contribution < 1.29 is 9.59 Å². The Morgan fingerprint density at radius 2 is 1.52 bits per heavy atom. The van der Waals surface area contributed by atoms with E-state index in [0.29, 0.717) is 27.8 Å². The van der Waals surface area contributed by atoms with Crippen LogP contribution in [0.1, 0.15) is 5.56 Å². The third-order valence-corrected chi connectivity index (χ3v) is 4.29. The molecule has 6 nitrogen and oxygen atoms in total. The van der Waals surface area contributed by atoms with Crippen LogP contribution in [0.15, 0.2) is 42.5 Å². The van der Waals surface area contributed by atoms with E-state index in [1.807, 2.05) is 0 Å². The third-order valence-electron chi connectivity index (χ3n) is 3.55. The SMILES string of the molecule is CN(CC(=O)Nc1ccc(CC#N)cc1)CC(=O)Nc1ccc(Cl)c(Cl)c1. The van der Waals surface area contributed by atoms with E-state index in [0.717, 1.165) is 5.56 Å². The van der Waals surface area contributed by atoms with E-state index in [1.54, 1.807) is 54.4 Å². The van der Waals surface area contributed by atoms with Gasteiger partial charge in [-0.2, -0.15) is 5.26 Å². The molecule has 0 aliphatic rings. The Balaban J connectivity index is 1.80. The monoisotopic (exact) mass is 404 g/mol. The molecule has 0 aliphatic heterocycles. The second-order valence-electron chi connectivity index (χ2n) is 5.93. The first-order valence-electron chi connectivity index (χ1n) is 8.06. The fourth-order valence-electron chi connectivity index (χ4n) is 2.32. The minimum atomic E-state index is -0.274. The lowest BCUT2D eigenvalue weighted by molar-refractivity contribution is -0.119. The molecular formula is C19H18Cl2N4O2. The summed E-state index contributed by atoms with van der Waals surface area (Å²) in [6.45, 7) is 0.0868. The quantitative estimate of drug-likeness (QED) is 0.738. The van der Waals surface area contributed by atoms with E-state index in [-0.39, 0.29) is 24.9 Å². The summed E-state index contributed by atoms with van der Waals surface area (Å²) in [6.07, 6.45) is 0.324. The molecule has 0 spiro atoms. The van der Waals surface area contributed by atoms with Crippen LogP contribution in [-0.4, -0.2) is 36.9 Å². The van der Waals surface area contributed by atoms with Crippen molar-refractivity contribution in [1.29, 1.82) is 5.26 Å². The summed E-state index contributed by atoms with van der Waals surface area (Å²) in [4.78, 5) is 25.7. The number of carbonyl (C=O) groups is 2. The molecule has 0 heterocycles. The van der Waals surface area contributed by atoms with Crippen molar-refractivity contribution in [3.8, 4) is 6.07 Å². The summed E-state index contributed by atoms with van der Waals surface area (Å²) in [7, 11) is 1.67. The smallest absolute Gasteiger partial charge is 0.238 e. The summed E-state index contributed by atoms with van der Waals surface area (Å²) in [6, 6.07) is 13.9. The molecule has 0 aromatic heterocycles. The van der Waals surface area contributed by atoms with Gasteiger partial charge in [0.15, 0.2) is 0 Å². The number of likely N-dealkylation sites (N-methyl/N-ethyl adjacent to an activating group) is 1. The zero-order valence-corrected chi connectivity index (χ0v) is 16.1. The van der Waals surface area contributed by atoms with E-state index >= 15 is 0 Å². The maximum atomic E-state index is 12.1. The van der Waals surface area contributed by atoms with Crippen LogP contribution < -0.4 is 10.6 Å². The molecule has 0 radical (unpaired) electrons. The topological polar surface area (TPSA) is 85.2 Å². The molecule has 140 valence electrons. The summed E-state index contributed by atoms with van der Waals surface area (Å²) in [5, 5.41) is 14.9. The Morgan fingerprint density at radius 3 is 2.07 bits per heavy atom. The van der Waals surface area contributed by atoms with Crippen molar-refractivity contribution in [2.45, 2.75) is 6.42 Å². The molecule has 0 aliphatic carbocycles. The molecule has 0 saturated heterocycles. The van der Waals surface area contributed by atoms with Crippen LogP contribution >= 0.6 is 23.2 Å². The number of carbonyl (C=O) groups excluding carboxylic acids is 2. The molecular weight excluding hydrogens is 387 g/mol. The van der Waals surface area contributed by atoms with Gasteiger partial charge in [-0.1, -0.05) is 35.3 Å². The molecule has 2 N–H and O–H groups in total. The number of benzene rings is 2. The Bertz CT molecular complexity index is 863. The second kappa shape index (κ2) is 9.93. The normalized spacial score (nSPS) is 10.3. The molecule has 2 rings (SSSR count). The van der Waals surface area contributed by atoms with Gasteiger partial charge in [0.25, 0.3) is 0 Å². The van der Waals surface area contributed by atoms with Crippen molar-refractivity contribution in [1.82, 2.24) is 4.90 Å². The number of halogens is 2. The van der Waals surface area contributed by atoms with Crippen molar-refractivity contribution >= 4 is 46.4 Å². The highest BCUT2D eigenvalue weighted by atomic mass is 35.5. The van der Waals surface area contributed by atoms with E-state index in [2.05, 4.69) is 16.7 Å². The lowest BCUT2D eigenvalue weighted by atomic mass is 10.1. The summed E-state index contributed by atoms with van der Waals surface area (Å²) >= 11 is 11.8. The molecule has 0 atom stereocenters. The number of amides is 2. The maximum Gasteiger partial charge on any atom is 0.238 e. The summed E-state index contributed by atoms with van der Waals surface area (Å²) in [5.74, 6) is -0.516. The molecule has 0 bridgehead atoms. The lowest BCUT2D eigenvalue weighted by Gasteiger charge is -2.16. The van der Waals surface area contributed by atoms with Gasteiger partial charge in [-0.15, -0.1) is 0 Å². The average Bonchev–Trinajstić information content (AvgIpc) is 2.59. The minimum Gasteiger partial charge on any atom is -0.325 e. The molecule has 2 amide bonds. The van der Waals surface area contributed by atoms with Crippen molar-refractivity contribution in [3.05, 3.63) is 58.1 Å². The fourth-order valence-corrected chi connectivity index (χ4v) is 2.62. The number of rotatable bonds is 7. The van der Waals surface area contributed by atoms with E-state index in [1.165, 1.54) is 0 Å². The fraction of sp³-hybridized carbons (Fsp3) is 0.211. The van der Waals surface area contributed by atoms with Crippen molar-refractivity contribution in [3.63, 3.8) is 0 Å².